The molecule has 4 heteroatoms. The van der Waals surface area contributed by atoms with E-state index in [1.807, 2.05) is 33.8 Å². The smallest absolute Gasteiger partial charge is 0.315 e. The van der Waals surface area contributed by atoms with Crippen molar-refractivity contribution in [2.45, 2.75) is 39.3 Å². The molecule has 0 fully saturated rings. The van der Waals surface area contributed by atoms with E-state index >= 15 is 0 Å². The summed E-state index contributed by atoms with van der Waals surface area (Å²) in [6.07, 6.45) is 1.59. The van der Waals surface area contributed by atoms with E-state index in [1.54, 1.807) is 12.3 Å². The Balaban J connectivity index is 2.45. The van der Waals surface area contributed by atoms with Crippen LogP contribution in [0.5, 0.6) is 0 Å². The topological polar surface area (TPSA) is 54.3 Å². The van der Waals surface area contributed by atoms with Gasteiger partial charge in [-0.2, -0.15) is 0 Å². The molecule has 4 nitrogen and oxygen atoms in total. The third-order valence-corrected chi connectivity index (χ3v) is 1.81. The lowest BCUT2D eigenvalue weighted by atomic mass is 10.1. The van der Waals surface area contributed by atoms with Gasteiger partial charge in [-0.05, 0) is 39.8 Å². The Morgan fingerprint density at radius 3 is 2.60 bits per heavy atom. The molecule has 0 aromatic carbocycles. The number of hydrogen-bond acceptors (Lipinski definition) is 2. The van der Waals surface area contributed by atoms with Gasteiger partial charge in [0.25, 0.3) is 0 Å². The minimum atomic E-state index is -0.229. The van der Waals surface area contributed by atoms with Crippen LogP contribution >= 0.6 is 0 Å². The first-order valence-corrected chi connectivity index (χ1v) is 5.00. The summed E-state index contributed by atoms with van der Waals surface area (Å²) in [6.45, 7) is 7.68. The van der Waals surface area contributed by atoms with Crippen molar-refractivity contribution in [1.29, 1.82) is 0 Å². The first-order chi connectivity index (χ1) is 6.88. The van der Waals surface area contributed by atoms with Crippen molar-refractivity contribution < 1.29 is 9.21 Å². The molecule has 0 radical (unpaired) electrons. The van der Waals surface area contributed by atoms with Crippen molar-refractivity contribution in [3.8, 4) is 0 Å². The maximum absolute atomic E-state index is 11.5. The minimum Gasteiger partial charge on any atom is -0.467 e. The lowest BCUT2D eigenvalue weighted by Gasteiger charge is -2.22. The largest absolute Gasteiger partial charge is 0.467 e. The average molecular weight is 210 g/mol. The van der Waals surface area contributed by atoms with Crippen molar-refractivity contribution >= 4 is 6.03 Å². The molecule has 1 aromatic heterocycles. The van der Waals surface area contributed by atoms with Crippen LogP contribution in [-0.4, -0.2) is 11.6 Å². The molecular weight excluding hydrogens is 192 g/mol. The summed E-state index contributed by atoms with van der Waals surface area (Å²) >= 11 is 0. The number of hydrogen-bond donors (Lipinski definition) is 2. The normalized spacial score (nSPS) is 13.3. The molecule has 15 heavy (non-hydrogen) atoms. The summed E-state index contributed by atoms with van der Waals surface area (Å²) in [7, 11) is 0. The van der Waals surface area contributed by atoms with Gasteiger partial charge in [0.2, 0.25) is 0 Å². The summed E-state index contributed by atoms with van der Waals surface area (Å²) in [4.78, 5) is 11.5. The van der Waals surface area contributed by atoms with E-state index in [0.717, 1.165) is 5.76 Å². The lowest BCUT2D eigenvalue weighted by Crippen LogP contribution is -2.46. The molecule has 1 atom stereocenters. The van der Waals surface area contributed by atoms with E-state index in [4.69, 9.17) is 4.42 Å². The second kappa shape index (κ2) is 4.38. The molecule has 0 saturated carbocycles. The van der Waals surface area contributed by atoms with E-state index in [9.17, 15) is 4.79 Å². The number of carbonyl (C=O) groups excluding carboxylic acids is 1. The van der Waals surface area contributed by atoms with Gasteiger partial charge in [0.05, 0.1) is 12.3 Å². The van der Waals surface area contributed by atoms with Gasteiger partial charge in [0, 0.05) is 5.54 Å². The zero-order chi connectivity index (χ0) is 11.5. The maximum atomic E-state index is 11.5. The molecule has 1 unspecified atom stereocenters. The SMILES string of the molecule is CC(NC(=O)NC(C)(C)C)c1ccco1. The molecule has 1 heterocycles. The Hall–Kier alpha value is -1.45. The van der Waals surface area contributed by atoms with Gasteiger partial charge in [-0.15, -0.1) is 0 Å². The highest BCUT2D eigenvalue weighted by atomic mass is 16.3. The quantitative estimate of drug-likeness (QED) is 0.787. The van der Waals surface area contributed by atoms with Crippen molar-refractivity contribution in [3.63, 3.8) is 0 Å². The summed E-state index contributed by atoms with van der Waals surface area (Å²) in [5, 5.41) is 5.62. The highest BCUT2D eigenvalue weighted by Gasteiger charge is 2.16. The number of nitrogens with one attached hydrogen (secondary N) is 2. The monoisotopic (exact) mass is 210 g/mol. The van der Waals surface area contributed by atoms with Crippen molar-refractivity contribution in [2.24, 2.45) is 0 Å². The third kappa shape index (κ3) is 4.06. The van der Waals surface area contributed by atoms with E-state index < -0.39 is 0 Å². The number of urea groups is 1. The van der Waals surface area contributed by atoms with Crippen LogP contribution in [0.25, 0.3) is 0 Å². The molecular formula is C11H18N2O2. The lowest BCUT2D eigenvalue weighted by molar-refractivity contribution is 0.227. The van der Waals surface area contributed by atoms with E-state index in [2.05, 4.69) is 10.6 Å². The molecule has 1 rings (SSSR count). The molecule has 0 saturated heterocycles. The van der Waals surface area contributed by atoms with Gasteiger partial charge in [0.15, 0.2) is 0 Å². The molecule has 0 spiro atoms. The van der Waals surface area contributed by atoms with E-state index in [1.165, 1.54) is 0 Å². The van der Waals surface area contributed by atoms with Crippen LogP contribution < -0.4 is 10.6 Å². The minimum absolute atomic E-state index is 0.123. The Labute approximate surface area is 90.0 Å². The van der Waals surface area contributed by atoms with Gasteiger partial charge in [-0.3, -0.25) is 0 Å². The Bertz CT molecular complexity index is 312. The first-order valence-electron chi connectivity index (χ1n) is 5.00. The number of amides is 2. The highest BCUT2D eigenvalue weighted by Crippen LogP contribution is 2.12. The molecule has 0 aliphatic carbocycles. The Morgan fingerprint density at radius 1 is 1.47 bits per heavy atom. The second-order valence-corrected chi connectivity index (χ2v) is 4.59. The van der Waals surface area contributed by atoms with Crippen LogP contribution in [0.2, 0.25) is 0 Å². The molecule has 2 N–H and O–H groups in total. The molecule has 2 amide bonds. The van der Waals surface area contributed by atoms with Crippen LogP contribution in [0.15, 0.2) is 22.8 Å². The zero-order valence-electron chi connectivity index (χ0n) is 9.63. The average Bonchev–Trinajstić information content (AvgIpc) is 2.50. The second-order valence-electron chi connectivity index (χ2n) is 4.59. The van der Waals surface area contributed by atoms with Gasteiger partial charge < -0.3 is 15.1 Å². The molecule has 1 aromatic rings. The van der Waals surface area contributed by atoms with Crippen molar-refractivity contribution in [2.75, 3.05) is 0 Å². The first kappa shape index (κ1) is 11.6. The Morgan fingerprint density at radius 2 is 2.13 bits per heavy atom. The molecule has 0 bridgehead atoms. The third-order valence-electron chi connectivity index (χ3n) is 1.81. The van der Waals surface area contributed by atoms with Crippen LogP contribution in [0.4, 0.5) is 4.79 Å². The van der Waals surface area contributed by atoms with Gasteiger partial charge in [-0.1, -0.05) is 0 Å². The molecule has 0 aliphatic heterocycles. The van der Waals surface area contributed by atoms with Gasteiger partial charge in [0.1, 0.15) is 5.76 Å². The van der Waals surface area contributed by atoms with Crippen molar-refractivity contribution in [1.82, 2.24) is 10.6 Å². The fraction of sp³-hybridized carbons (Fsp3) is 0.545. The van der Waals surface area contributed by atoms with Gasteiger partial charge in [-0.25, -0.2) is 4.79 Å². The highest BCUT2D eigenvalue weighted by molar-refractivity contribution is 5.75. The van der Waals surface area contributed by atoms with E-state index in [-0.39, 0.29) is 17.6 Å². The predicted octanol–water partition coefficient (Wildman–Crippen LogP) is 2.44. The Kier molecular flexibility index (Phi) is 3.39. The summed E-state index contributed by atoms with van der Waals surface area (Å²) < 4.78 is 5.18. The number of carbonyl (C=O) groups is 1. The van der Waals surface area contributed by atoms with Crippen LogP contribution in [0.1, 0.15) is 39.5 Å². The number of furan rings is 1. The summed E-state index contributed by atoms with van der Waals surface area (Å²) in [6, 6.07) is 3.32. The molecule has 84 valence electrons. The fourth-order valence-corrected chi connectivity index (χ4v) is 1.18. The maximum Gasteiger partial charge on any atom is 0.315 e. The standard InChI is InChI=1S/C11H18N2O2/c1-8(9-6-5-7-15-9)12-10(14)13-11(2,3)4/h5-8H,1-4H3,(H2,12,13,14). The van der Waals surface area contributed by atoms with Crippen molar-refractivity contribution in [3.05, 3.63) is 24.2 Å². The van der Waals surface area contributed by atoms with Gasteiger partial charge >= 0.3 is 6.03 Å². The zero-order valence-corrected chi connectivity index (χ0v) is 9.63. The van der Waals surface area contributed by atoms with Crippen LogP contribution in [0.3, 0.4) is 0 Å². The number of rotatable bonds is 2. The van der Waals surface area contributed by atoms with E-state index in [0.29, 0.717) is 0 Å². The van der Waals surface area contributed by atoms with Crippen LogP contribution in [0, 0.1) is 0 Å². The van der Waals surface area contributed by atoms with Crippen LogP contribution in [-0.2, 0) is 0 Å². The predicted molar refractivity (Wildman–Crippen MR) is 58.5 cm³/mol. The molecule has 0 aliphatic rings. The fourth-order valence-electron chi connectivity index (χ4n) is 1.18. The summed E-state index contributed by atoms with van der Waals surface area (Å²) in [5.74, 6) is 0.749. The summed E-state index contributed by atoms with van der Waals surface area (Å²) in [5.41, 5.74) is -0.229.